The number of carbonyl (C=O) groups excluding carboxylic acids is 1. The van der Waals surface area contributed by atoms with Gasteiger partial charge in [-0.15, -0.1) is 0 Å². The minimum absolute atomic E-state index is 0.0323. The van der Waals surface area contributed by atoms with E-state index >= 15 is 0 Å². The van der Waals surface area contributed by atoms with Crippen molar-refractivity contribution >= 4 is 16.0 Å². The van der Waals surface area contributed by atoms with Gasteiger partial charge in [-0.05, 0) is 12.8 Å². The molecule has 1 rings (SSSR count). The highest BCUT2D eigenvalue weighted by atomic mass is 32.2. The van der Waals surface area contributed by atoms with Gasteiger partial charge in [0.15, 0.2) is 0 Å². The molecule has 6 heteroatoms. The van der Waals surface area contributed by atoms with Gasteiger partial charge in [0.05, 0.1) is 0 Å². The summed E-state index contributed by atoms with van der Waals surface area (Å²) in [7, 11) is 1.27. The first kappa shape index (κ1) is 12.6. The highest BCUT2D eigenvalue weighted by Crippen LogP contribution is 2.22. The van der Waals surface area contributed by atoms with E-state index < -0.39 is 10.2 Å². The van der Waals surface area contributed by atoms with Crippen LogP contribution in [0, 0.1) is 0 Å². The monoisotopic (exact) mass is 234 g/mol. The summed E-state index contributed by atoms with van der Waals surface area (Å²) in [6.07, 6.45) is 2.28. The van der Waals surface area contributed by atoms with Crippen molar-refractivity contribution in [3.05, 3.63) is 0 Å². The number of hydrogen-bond donors (Lipinski definition) is 0. The molecule has 1 aliphatic carbocycles. The average Bonchev–Trinajstić information content (AvgIpc) is 2.17. The standard InChI is InChI=1S/C9H18N2O3S/c1-10(2)15(13,14)11(3)8-4-6-9(12)7-5-8/h8H,4-7H2,1-3H3. The average molecular weight is 234 g/mol. The predicted octanol–water partition coefficient (Wildman–Crippen LogP) is 0.236. The van der Waals surface area contributed by atoms with E-state index in [0.717, 1.165) is 0 Å². The van der Waals surface area contributed by atoms with E-state index in [1.807, 2.05) is 0 Å². The van der Waals surface area contributed by atoms with Crippen molar-refractivity contribution in [3.63, 3.8) is 0 Å². The van der Waals surface area contributed by atoms with Gasteiger partial charge in [0.1, 0.15) is 5.78 Å². The topological polar surface area (TPSA) is 57.7 Å². The van der Waals surface area contributed by atoms with E-state index in [-0.39, 0.29) is 11.8 Å². The summed E-state index contributed by atoms with van der Waals surface area (Å²) in [5, 5.41) is 0. The maximum atomic E-state index is 11.8. The summed E-state index contributed by atoms with van der Waals surface area (Å²) in [5.74, 6) is 0.238. The third-order valence-corrected chi connectivity index (χ3v) is 4.80. The van der Waals surface area contributed by atoms with Crippen molar-refractivity contribution in [2.75, 3.05) is 21.1 Å². The van der Waals surface area contributed by atoms with E-state index in [4.69, 9.17) is 0 Å². The molecule has 1 aliphatic rings. The van der Waals surface area contributed by atoms with E-state index in [9.17, 15) is 13.2 Å². The Balaban J connectivity index is 2.69. The van der Waals surface area contributed by atoms with Crippen molar-refractivity contribution < 1.29 is 13.2 Å². The van der Waals surface area contributed by atoms with Gasteiger partial charge in [-0.3, -0.25) is 4.79 Å². The first-order valence-corrected chi connectivity index (χ1v) is 6.42. The molecule has 0 bridgehead atoms. The third kappa shape index (κ3) is 2.76. The zero-order valence-corrected chi connectivity index (χ0v) is 10.2. The molecule has 5 nitrogen and oxygen atoms in total. The summed E-state index contributed by atoms with van der Waals surface area (Å²) in [6.45, 7) is 0. The van der Waals surface area contributed by atoms with Gasteiger partial charge in [0.25, 0.3) is 10.2 Å². The maximum absolute atomic E-state index is 11.8. The molecule has 0 aromatic carbocycles. The van der Waals surface area contributed by atoms with Gasteiger partial charge in [-0.25, -0.2) is 0 Å². The second-order valence-corrected chi connectivity index (χ2v) is 6.28. The van der Waals surface area contributed by atoms with E-state index in [0.29, 0.717) is 25.7 Å². The Hall–Kier alpha value is -0.460. The Morgan fingerprint density at radius 3 is 2.00 bits per heavy atom. The molecule has 0 radical (unpaired) electrons. The molecule has 0 N–H and O–H groups in total. The molecule has 1 saturated carbocycles. The molecule has 0 aromatic rings. The number of Topliss-reactive ketones (excluding diaryl/α,β-unsaturated/α-hetero) is 1. The van der Waals surface area contributed by atoms with E-state index in [1.54, 1.807) is 7.05 Å². The SMILES string of the molecule is CN(C)S(=O)(=O)N(C)C1CCC(=O)CC1. The van der Waals surface area contributed by atoms with Gasteiger partial charge in [0.2, 0.25) is 0 Å². The maximum Gasteiger partial charge on any atom is 0.281 e. The van der Waals surface area contributed by atoms with Gasteiger partial charge in [-0.1, -0.05) is 0 Å². The zero-order valence-electron chi connectivity index (χ0n) is 9.43. The summed E-state index contributed by atoms with van der Waals surface area (Å²) in [6, 6.07) is -0.0323. The molecule has 0 heterocycles. The summed E-state index contributed by atoms with van der Waals surface area (Å²) in [4.78, 5) is 11.0. The highest BCUT2D eigenvalue weighted by Gasteiger charge is 2.30. The fraction of sp³-hybridized carbons (Fsp3) is 0.889. The molecule has 0 aromatic heterocycles. The van der Waals surface area contributed by atoms with Crippen LogP contribution >= 0.6 is 0 Å². The van der Waals surface area contributed by atoms with Crippen LogP contribution < -0.4 is 0 Å². The molecular weight excluding hydrogens is 216 g/mol. The van der Waals surface area contributed by atoms with Crippen molar-refractivity contribution in [1.82, 2.24) is 8.61 Å². The lowest BCUT2D eigenvalue weighted by Gasteiger charge is -2.31. The largest absolute Gasteiger partial charge is 0.300 e. The third-order valence-electron chi connectivity index (χ3n) is 2.85. The van der Waals surface area contributed by atoms with Gasteiger partial charge < -0.3 is 0 Å². The summed E-state index contributed by atoms with van der Waals surface area (Å²) < 4.78 is 26.1. The Morgan fingerprint density at radius 1 is 1.13 bits per heavy atom. The number of hydrogen-bond acceptors (Lipinski definition) is 3. The van der Waals surface area contributed by atoms with Crippen LogP contribution in [0.5, 0.6) is 0 Å². The fourth-order valence-corrected chi connectivity index (χ4v) is 2.84. The minimum atomic E-state index is -3.34. The van der Waals surface area contributed by atoms with Crippen molar-refractivity contribution in [3.8, 4) is 0 Å². The number of ketones is 1. The van der Waals surface area contributed by atoms with Crippen LogP contribution in [0.3, 0.4) is 0 Å². The Labute approximate surface area is 91.2 Å². The first-order chi connectivity index (χ1) is 6.85. The number of carbonyl (C=O) groups is 1. The molecule has 0 saturated heterocycles. The van der Waals surface area contributed by atoms with E-state index in [2.05, 4.69) is 0 Å². The molecule has 0 atom stereocenters. The van der Waals surface area contributed by atoms with E-state index in [1.165, 1.54) is 22.7 Å². The van der Waals surface area contributed by atoms with Crippen molar-refractivity contribution in [2.24, 2.45) is 0 Å². The van der Waals surface area contributed by atoms with Crippen LogP contribution in [0.15, 0.2) is 0 Å². The van der Waals surface area contributed by atoms with Crippen LogP contribution in [0.4, 0.5) is 0 Å². The van der Waals surface area contributed by atoms with Crippen molar-refractivity contribution in [2.45, 2.75) is 31.7 Å². The van der Waals surface area contributed by atoms with Crippen LogP contribution in [-0.2, 0) is 15.0 Å². The molecular formula is C9H18N2O3S. The number of rotatable bonds is 3. The van der Waals surface area contributed by atoms with Gasteiger partial charge in [-0.2, -0.15) is 17.0 Å². The molecule has 0 unspecified atom stereocenters. The van der Waals surface area contributed by atoms with Crippen molar-refractivity contribution in [1.29, 1.82) is 0 Å². The van der Waals surface area contributed by atoms with Gasteiger partial charge >= 0.3 is 0 Å². The lowest BCUT2D eigenvalue weighted by molar-refractivity contribution is -0.120. The van der Waals surface area contributed by atoms with Crippen LogP contribution in [0.1, 0.15) is 25.7 Å². The van der Waals surface area contributed by atoms with Crippen LogP contribution in [0.25, 0.3) is 0 Å². The zero-order chi connectivity index (χ0) is 11.6. The Bertz CT molecular complexity index is 327. The number of nitrogens with zero attached hydrogens (tertiary/aromatic N) is 2. The molecule has 88 valence electrons. The summed E-state index contributed by atoms with van der Waals surface area (Å²) in [5.41, 5.74) is 0. The smallest absolute Gasteiger partial charge is 0.281 e. The van der Waals surface area contributed by atoms with Crippen LogP contribution in [-0.4, -0.2) is 50.0 Å². The molecule has 0 aliphatic heterocycles. The Kier molecular flexibility index (Phi) is 3.86. The first-order valence-electron chi connectivity index (χ1n) is 5.03. The molecule has 0 amide bonds. The minimum Gasteiger partial charge on any atom is -0.300 e. The lowest BCUT2D eigenvalue weighted by Crippen LogP contribution is -2.45. The normalized spacial score (nSPS) is 20.2. The Morgan fingerprint density at radius 2 is 1.60 bits per heavy atom. The second-order valence-electron chi connectivity index (χ2n) is 4.08. The fourth-order valence-electron chi connectivity index (χ4n) is 1.73. The quantitative estimate of drug-likeness (QED) is 0.702. The molecule has 1 fully saturated rings. The van der Waals surface area contributed by atoms with Gasteiger partial charge in [0, 0.05) is 40.0 Å². The lowest BCUT2D eigenvalue weighted by atomic mass is 9.95. The summed E-state index contributed by atoms with van der Waals surface area (Å²) >= 11 is 0. The van der Waals surface area contributed by atoms with Crippen LogP contribution in [0.2, 0.25) is 0 Å². The molecule has 0 spiro atoms. The second kappa shape index (κ2) is 4.59. The highest BCUT2D eigenvalue weighted by molar-refractivity contribution is 7.86. The predicted molar refractivity (Wildman–Crippen MR) is 57.6 cm³/mol. The molecule has 15 heavy (non-hydrogen) atoms.